The third kappa shape index (κ3) is 23.2. The summed E-state index contributed by atoms with van der Waals surface area (Å²) in [6.45, 7) is 0. The van der Waals surface area contributed by atoms with Crippen LogP contribution in [-0.4, -0.2) is 103 Å². The van der Waals surface area contributed by atoms with E-state index < -0.39 is 18.3 Å². The average Bonchev–Trinajstić information content (AvgIpc) is 3.31. The van der Waals surface area contributed by atoms with Crippen LogP contribution in [0.5, 0.6) is 0 Å². The van der Waals surface area contributed by atoms with E-state index in [9.17, 15) is 0 Å². The first-order chi connectivity index (χ1) is 35.1. The Morgan fingerprint density at radius 2 is 0.494 bits per heavy atom. The molecule has 0 radical (unpaired) electrons. The van der Waals surface area contributed by atoms with E-state index in [-0.39, 0.29) is 0 Å². The Labute approximate surface area is 509 Å². The third-order valence-corrected chi connectivity index (χ3v) is 15.5. The Hall–Kier alpha value is -0.494. The summed E-state index contributed by atoms with van der Waals surface area (Å²) in [4.78, 5) is 15.4. The molecule has 0 atom stereocenters. The quantitative estimate of drug-likeness (QED) is 0.0598. The summed E-state index contributed by atoms with van der Waals surface area (Å²) in [6.07, 6.45) is 0. The van der Waals surface area contributed by atoms with E-state index in [1.165, 1.54) is 87.6 Å². The maximum atomic E-state index is 5.06. The zero-order valence-corrected chi connectivity index (χ0v) is 60.8. The molecule has 418 valence electrons. The van der Waals surface area contributed by atoms with Gasteiger partial charge in [0.25, 0.3) is 0 Å². The van der Waals surface area contributed by atoms with Crippen molar-refractivity contribution in [3.63, 3.8) is 0 Å². The number of benzene rings is 6. The molecular weight excluding hydrogens is 1500 g/mol. The van der Waals surface area contributed by atoms with Gasteiger partial charge in [-0.3, -0.25) is 0 Å². The minimum atomic E-state index is -5.42. The SMILES string of the molecule is CN(C)c1ccc(C(=C2SSC([C+](c3ccc(N(C)C)cc3)c3ccc(N(C)C)cc3)=C([C+](c3ccc(N(C)C)cc3)c3ccc(N(C)C)cc3)S2)c2ccc(N(C)C)cc2)cc1.[Cl][Sb-]([Cl])([Cl])([Cl])([Cl])[Cl].[Cl][Sb-]([Cl])([Cl])([Cl])([Cl])[Cl]. The van der Waals surface area contributed by atoms with Crippen LogP contribution in [0.3, 0.4) is 0 Å². The van der Waals surface area contributed by atoms with Gasteiger partial charge in [-0.25, -0.2) is 0 Å². The number of anilines is 6. The second-order valence-electron chi connectivity index (χ2n) is 18.9. The van der Waals surface area contributed by atoms with E-state index >= 15 is 0 Å². The van der Waals surface area contributed by atoms with Crippen molar-refractivity contribution in [1.29, 1.82) is 0 Å². The van der Waals surface area contributed by atoms with Crippen molar-refractivity contribution in [2.24, 2.45) is 0 Å². The molecule has 23 heteroatoms. The second-order valence-corrected chi connectivity index (χ2v) is 136. The van der Waals surface area contributed by atoms with E-state index in [4.69, 9.17) is 106 Å². The Morgan fingerprint density at radius 1 is 0.299 bits per heavy atom. The topological polar surface area (TPSA) is 19.4 Å². The molecule has 0 spiro atoms. The average molecular weight is 1560 g/mol. The van der Waals surface area contributed by atoms with Gasteiger partial charge >= 0.3 is 124 Å². The maximum absolute atomic E-state index is 5.42. The van der Waals surface area contributed by atoms with E-state index in [1.807, 2.05) is 33.3 Å². The molecule has 0 saturated heterocycles. The monoisotopic (exact) mass is 1550 g/mol. The Morgan fingerprint density at radius 3 is 0.701 bits per heavy atom. The first-order valence-corrected chi connectivity index (χ1v) is 64.9. The zero-order valence-electron chi connectivity index (χ0n) is 44.2. The molecule has 1 aliphatic rings. The normalized spacial score (nSPS) is 14.4. The standard InChI is InChI=1S/C54H60N6S3.12ClH.2Sb/c1-55(2)43-25-13-37(14-26-43)49(38-15-27-44(28-16-38)56(3)4)52-53(50(39-17-29-45(30-18-39)57(5)6)40-19-31-46(32-20-40)58(7)8)62-63-54(61-52)51(41-21-33-47(34-22-41)59(9)10)42-23-35-48(36-24-42)60(11)12;;;;;;;;;;;;;;/h13-36H,1-12H3;12*1H;;/q+2;;;;;;;;;;;;;2*+5/p-12. The summed E-state index contributed by atoms with van der Waals surface area (Å²) >= 11 is 1.90. The molecular formula is C54H60Cl12N6S3Sb2. The van der Waals surface area contributed by atoms with Gasteiger partial charge in [-0.05, 0) is 166 Å². The molecule has 77 heavy (non-hydrogen) atoms. The molecule has 6 aromatic rings. The van der Waals surface area contributed by atoms with Crippen molar-refractivity contribution in [2.45, 2.75) is 0 Å². The van der Waals surface area contributed by atoms with Gasteiger partial charge in [0.1, 0.15) is 21.6 Å². The van der Waals surface area contributed by atoms with Crippen molar-refractivity contribution in [3.8, 4) is 0 Å². The Kier molecular flexibility index (Phi) is 22.2. The van der Waals surface area contributed by atoms with Crippen LogP contribution < -0.4 is 29.4 Å². The summed E-state index contributed by atoms with van der Waals surface area (Å²) in [7, 11) is 78.9. The minimum absolute atomic E-state index is 1.16. The fraction of sp³-hybridized carbons (Fsp3) is 0.222. The number of allylic oxidation sites excluding steroid dienone is 2. The van der Waals surface area contributed by atoms with Gasteiger partial charge in [0.15, 0.2) is 0 Å². The summed E-state index contributed by atoms with van der Waals surface area (Å²) in [5.41, 5.74) is 15.3. The van der Waals surface area contributed by atoms with Crippen LogP contribution in [0.15, 0.2) is 160 Å². The molecule has 1 heterocycles. The molecule has 6 nitrogen and oxygen atoms in total. The van der Waals surface area contributed by atoms with Crippen LogP contribution in [0, 0.1) is 11.8 Å². The molecule has 6 aromatic carbocycles. The van der Waals surface area contributed by atoms with E-state index in [0.29, 0.717) is 0 Å². The number of halogens is 12. The van der Waals surface area contributed by atoms with Crippen molar-refractivity contribution >= 4 is 197 Å². The summed E-state index contributed by atoms with van der Waals surface area (Å²) in [6, 6.07) is 54.3. The van der Waals surface area contributed by atoms with Gasteiger partial charge in [-0.2, -0.15) is 0 Å². The molecule has 0 unspecified atom stereocenters. The molecule has 0 amide bonds. The molecule has 0 bridgehead atoms. The van der Waals surface area contributed by atoms with Crippen LogP contribution >= 0.6 is 139 Å². The zero-order chi connectivity index (χ0) is 57.8. The first kappa shape index (κ1) is 67.3. The van der Waals surface area contributed by atoms with Gasteiger partial charge in [0, 0.05) is 124 Å². The van der Waals surface area contributed by atoms with Crippen molar-refractivity contribution < 1.29 is 0 Å². The predicted molar refractivity (Wildman–Crippen MR) is 365 cm³/mol. The fourth-order valence-electron chi connectivity index (χ4n) is 7.50. The van der Waals surface area contributed by atoms with Crippen molar-refractivity contribution in [1.82, 2.24) is 0 Å². The number of hydrogen-bond donors (Lipinski definition) is 0. The molecule has 0 fully saturated rings. The molecule has 0 aromatic heterocycles. The van der Waals surface area contributed by atoms with Crippen LogP contribution in [0.4, 0.5) is 34.1 Å². The summed E-state index contributed by atoms with van der Waals surface area (Å²) in [5.74, 6) is 2.41. The van der Waals surface area contributed by atoms with Gasteiger partial charge in [0.05, 0.1) is 26.5 Å². The van der Waals surface area contributed by atoms with Crippen molar-refractivity contribution in [2.75, 3.05) is 114 Å². The molecule has 0 saturated carbocycles. The number of thioether (sulfide) groups is 1. The molecule has 1 aliphatic heterocycles. The molecule has 0 N–H and O–H groups in total. The Balaban J connectivity index is 0.000000688. The Bertz CT molecular complexity index is 2810. The number of rotatable bonds is 14. The van der Waals surface area contributed by atoms with Crippen LogP contribution in [-0.2, 0) is 0 Å². The number of nitrogens with zero attached hydrogens (tertiary/aromatic N) is 6. The number of hydrogen-bond acceptors (Lipinski definition) is 9. The van der Waals surface area contributed by atoms with Gasteiger partial charge < -0.3 is 29.4 Å². The van der Waals surface area contributed by atoms with Gasteiger partial charge in [-0.15, -0.1) is 0 Å². The summed E-state index contributed by atoms with van der Waals surface area (Å²) in [5, 5.41) is 0. The van der Waals surface area contributed by atoms with Gasteiger partial charge in [0.2, 0.25) is 0 Å². The van der Waals surface area contributed by atoms with Crippen LogP contribution in [0.25, 0.3) is 5.57 Å². The van der Waals surface area contributed by atoms with Crippen LogP contribution in [0.2, 0.25) is 0 Å². The second kappa shape index (κ2) is 25.4. The van der Waals surface area contributed by atoms with Crippen LogP contribution in [0.1, 0.15) is 33.4 Å². The van der Waals surface area contributed by atoms with Gasteiger partial charge in [-0.1, -0.05) is 24.3 Å². The van der Waals surface area contributed by atoms with E-state index in [1.54, 1.807) is 0 Å². The molecule has 0 aliphatic carbocycles. The van der Waals surface area contributed by atoms with E-state index in [0.717, 1.165) is 11.4 Å². The van der Waals surface area contributed by atoms with E-state index in [2.05, 4.69) is 260 Å². The summed E-state index contributed by atoms with van der Waals surface area (Å²) < 4.78 is 1.24. The molecule has 7 rings (SSSR count). The fourth-order valence-corrected chi connectivity index (χ4v) is 12.2. The first-order valence-electron chi connectivity index (χ1n) is 23.1. The van der Waals surface area contributed by atoms with Crippen molar-refractivity contribution in [3.05, 3.63) is 205 Å². The predicted octanol–water partition coefficient (Wildman–Crippen LogP) is 20.0. The third-order valence-electron chi connectivity index (χ3n) is 11.3.